The van der Waals surface area contributed by atoms with Gasteiger partial charge >= 0.3 is 0 Å². The Balaban J connectivity index is 1.33. The van der Waals surface area contributed by atoms with Crippen LogP contribution < -0.4 is 0 Å². The highest BCUT2D eigenvalue weighted by Gasteiger charge is 2.39. The van der Waals surface area contributed by atoms with Gasteiger partial charge in [-0.2, -0.15) is 5.10 Å². The molecule has 7 heteroatoms. The molecule has 5 rings (SSSR count). The first kappa shape index (κ1) is 16.5. The van der Waals surface area contributed by atoms with Crippen LogP contribution >= 0.6 is 0 Å². The van der Waals surface area contributed by atoms with E-state index in [4.69, 9.17) is 4.74 Å². The summed E-state index contributed by atoms with van der Waals surface area (Å²) in [4.78, 5) is 23.7. The number of aromatic nitrogens is 4. The van der Waals surface area contributed by atoms with Gasteiger partial charge in [0.05, 0.1) is 37.6 Å². The topological polar surface area (TPSA) is 73.1 Å². The molecule has 27 heavy (non-hydrogen) atoms. The van der Waals surface area contributed by atoms with E-state index in [2.05, 4.69) is 20.0 Å². The van der Waals surface area contributed by atoms with E-state index in [-0.39, 0.29) is 5.78 Å². The third kappa shape index (κ3) is 3.24. The molecule has 2 atom stereocenters. The predicted molar refractivity (Wildman–Crippen MR) is 100 cm³/mol. The van der Waals surface area contributed by atoms with Crippen molar-refractivity contribution in [3.05, 3.63) is 42.6 Å². The van der Waals surface area contributed by atoms with Crippen molar-refractivity contribution in [2.75, 3.05) is 19.7 Å². The number of aryl methyl sites for hydroxylation is 1. The Morgan fingerprint density at radius 2 is 2.11 bits per heavy atom. The molecule has 138 valence electrons. The van der Waals surface area contributed by atoms with Crippen LogP contribution in [0.5, 0.6) is 0 Å². The summed E-state index contributed by atoms with van der Waals surface area (Å²) < 4.78 is 7.36. The number of Topliss-reactive ketones (excluding diaryl/α,β-unsaturated/α-hetero) is 1. The van der Waals surface area contributed by atoms with Crippen LogP contribution in [0.15, 0.2) is 36.9 Å². The molecule has 2 fully saturated rings. The van der Waals surface area contributed by atoms with Crippen molar-refractivity contribution in [2.45, 2.75) is 25.0 Å². The van der Waals surface area contributed by atoms with Crippen LogP contribution in [0.3, 0.4) is 0 Å². The molecule has 0 aromatic carbocycles. The van der Waals surface area contributed by atoms with Crippen LogP contribution in [0.2, 0.25) is 0 Å². The highest BCUT2D eigenvalue weighted by Crippen LogP contribution is 2.27. The molecule has 0 N–H and O–H groups in total. The van der Waals surface area contributed by atoms with Crippen molar-refractivity contribution in [3.63, 3.8) is 0 Å². The smallest absolute Gasteiger partial charge is 0.152 e. The van der Waals surface area contributed by atoms with Gasteiger partial charge in [-0.1, -0.05) is 0 Å². The van der Waals surface area contributed by atoms with Crippen molar-refractivity contribution < 1.29 is 9.53 Å². The van der Waals surface area contributed by atoms with E-state index in [0.29, 0.717) is 25.1 Å². The number of carbonyl (C=O) groups excluding carboxylic acids is 1. The fraction of sp³-hybridized carbons (Fsp3) is 0.400. The van der Waals surface area contributed by atoms with Crippen molar-refractivity contribution in [2.24, 2.45) is 7.05 Å². The van der Waals surface area contributed by atoms with E-state index < -0.39 is 0 Å². The highest BCUT2D eigenvalue weighted by molar-refractivity contribution is 5.87. The van der Waals surface area contributed by atoms with Crippen LogP contribution in [-0.4, -0.2) is 62.3 Å². The number of fused-ring (bicyclic) bond motifs is 3. The van der Waals surface area contributed by atoms with Gasteiger partial charge in [0.1, 0.15) is 0 Å². The van der Waals surface area contributed by atoms with E-state index in [1.165, 1.54) is 0 Å². The average molecular weight is 363 g/mol. The Morgan fingerprint density at radius 3 is 2.85 bits per heavy atom. The molecule has 2 aliphatic heterocycles. The largest absolute Gasteiger partial charge is 0.375 e. The zero-order valence-electron chi connectivity index (χ0n) is 15.2. The number of hydrogen-bond donors (Lipinski definition) is 0. The minimum Gasteiger partial charge on any atom is -0.375 e. The molecule has 2 saturated heterocycles. The minimum atomic E-state index is 0.205. The lowest BCUT2D eigenvalue weighted by atomic mass is 10.1. The van der Waals surface area contributed by atoms with Crippen LogP contribution in [0.1, 0.15) is 12.1 Å². The maximum atomic E-state index is 12.5. The molecule has 2 aliphatic rings. The van der Waals surface area contributed by atoms with Crippen molar-refractivity contribution in [1.29, 1.82) is 0 Å². The van der Waals surface area contributed by atoms with Crippen molar-refractivity contribution in [3.8, 4) is 11.3 Å². The van der Waals surface area contributed by atoms with Crippen molar-refractivity contribution >= 4 is 16.6 Å². The molecule has 7 nitrogen and oxygen atoms in total. The molecule has 0 aliphatic carbocycles. The Morgan fingerprint density at radius 1 is 1.22 bits per heavy atom. The number of rotatable bonds is 5. The van der Waals surface area contributed by atoms with Crippen LogP contribution in [-0.2, 0) is 23.0 Å². The number of carbonyl (C=O) groups is 1. The van der Waals surface area contributed by atoms with E-state index in [1.807, 2.05) is 31.6 Å². The number of nitrogens with zero attached hydrogens (tertiary/aromatic N) is 5. The molecule has 3 aromatic heterocycles. The van der Waals surface area contributed by atoms with Gasteiger partial charge < -0.3 is 4.74 Å². The molecule has 5 heterocycles. The molecule has 3 aromatic rings. The molecule has 0 unspecified atom stereocenters. The van der Waals surface area contributed by atoms with Gasteiger partial charge in [0.25, 0.3) is 0 Å². The summed E-state index contributed by atoms with van der Waals surface area (Å²) in [6.07, 6.45) is 9.09. The summed E-state index contributed by atoms with van der Waals surface area (Å²) in [5, 5.41) is 6.20. The van der Waals surface area contributed by atoms with Crippen LogP contribution in [0.25, 0.3) is 22.0 Å². The molecule has 0 amide bonds. The third-order valence-electron chi connectivity index (χ3n) is 5.43. The van der Waals surface area contributed by atoms with Crippen molar-refractivity contribution in [1.82, 2.24) is 24.6 Å². The Hall–Kier alpha value is -2.64. The van der Waals surface area contributed by atoms with E-state index in [9.17, 15) is 4.79 Å². The second-order valence-corrected chi connectivity index (χ2v) is 7.48. The maximum Gasteiger partial charge on any atom is 0.152 e. The molecule has 0 radical (unpaired) electrons. The Bertz CT molecular complexity index is 1010. The fourth-order valence-corrected chi connectivity index (χ4v) is 4.05. The first-order valence-electron chi connectivity index (χ1n) is 9.25. The minimum absolute atomic E-state index is 0.205. The zero-order chi connectivity index (χ0) is 18.4. The Labute approximate surface area is 157 Å². The monoisotopic (exact) mass is 363 g/mol. The molecule has 0 spiro atoms. The standard InChI is InChI=1S/C20H21N5O2/c1-24-9-15(8-23-24)20-3-13-2-16(21-6-14(13)7-22-20)4-18(26)10-25-11-19-5-17(25)12-27-19/h2-3,6-9,17,19H,4-5,10-12H2,1H3/t17-,19-/m0/s1. The number of ether oxygens (including phenoxy) is 1. The number of morpholine rings is 1. The summed E-state index contributed by atoms with van der Waals surface area (Å²) in [6.45, 7) is 2.12. The molecular formula is C20H21N5O2. The Kier molecular flexibility index (Phi) is 3.98. The number of hydrogen-bond acceptors (Lipinski definition) is 6. The normalized spacial score (nSPS) is 22.0. The average Bonchev–Trinajstić information content (AvgIpc) is 3.38. The number of ketones is 1. The summed E-state index contributed by atoms with van der Waals surface area (Å²) in [6, 6.07) is 4.43. The zero-order valence-corrected chi connectivity index (χ0v) is 15.2. The maximum absolute atomic E-state index is 12.5. The van der Waals surface area contributed by atoms with Gasteiger partial charge in [0, 0.05) is 54.9 Å². The molecular weight excluding hydrogens is 342 g/mol. The van der Waals surface area contributed by atoms with Crippen LogP contribution in [0, 0.1) is 0 Å². The predicted octanol–water partition coefficient (Wildman–Crippen LogP) is 1.62. The number of pyridine rings is 2. The molecule has 2 bridgehead atoms. The quantitative estimate of drug-likeness (QED) is 0.686. The molecule has 0 saturated carbocycles. The van der Waals surface area contributed by atoms with E-state index >= 15 is 0 Å². The van der Waals surface area contributed by atoms with E-state index in [1.54, 1.807) is 17.1 Å². The lowest BCUT2D eigenvalue weighted by molar-refractivity contribution is -0.120. The summed E-state index contributed by atoms with van der Waals surface area (Å²) in [5.74, 6) is 0.205. The second kappa shape index (κ2) is 6.51. The first-order valence-corrected chi connectivity index (χ1v) is 9.25. The van der Waals surface area contributed by atoms with E-state index in [0.717, 1.165) is 47.3 Å². The van der Waals surface area contributed by atoms with Gasteiger partial charge in [-0.3, -0.25) is 24.3 Å². The first-order chi connectivity index (χ1) is 13.1. The number of likely N-dealkylation sites (tertiary alicyclic amines) is 1. The fourth-order valence-electron chi connectivity index (χ4n) is 4.05. The summed E-state index contributed by atoms with van der Waals surface area (Å²) in [7, 11) is 1.89. The summed E-state index contributed by atoms with van der Waals surface area (Å²) in [5.41, 5.74) is 2.64. The lowest BCUT2D eigenvalue weighted by Crippen LogP contribution is -2.40. The van der Waals surface area contributed by atoms with Gasteiger partial charge in [-0.25, -0.2) is 0 Å². The van der Waals surface area contributed by atoms with Crippen LogP contribution in [0.4, 0.5) is 0 Å². The van der Waals surface area contributed by atoms with Gasteiger partial charge in [0.2, 0.25) is 0 Å². The van der Waals surface area contributed by atoms with Gasteiger partial charge in [-0.15, -0.1) is 0 Å². The van der Waals surface area contributed by atoms with Gasteiger partial charge in [0.15, 0.2) is 5.78 Å². The SMILES string of the molecule is Cn1cc(-c2cc3cc(CC(=O)CN4C[C@@H]5C[C@H]4CO5)ncc3cn2)cn1. The highest BCUT2D eigenvalue weighted by atomic mass is 16.5. The lowest BCUT2D eigenvalue weighted by Gasteiger charge is -2.25. The summed E-state index contributed by atoms with van der Waals surface area (Å²) >= 11 is 0. The second-order valence-electron chi connectivity index (χ2n) is 7.48. The third-order valence-corrected chi connectivity index (χ3v) is 5.43. The van der Waals surface area contributed by atoms with Gasteiger partial charge in [-0.05, 0) is 23.9 Å².